The van der Waals surface area contributed by atoms with E-state index in [1.54, 1.807) is 13.8 Å². The first-order valence-electron chi connectivity index (χ1n) is 13.7. The Balaban J connectivity index is 1.69. The summed E-state index contributed by atoms with van der Waals surface area (Å²) in [4.78, 5) is 89.4. The topological polar surface area (TPSA) is 243 Å². The smallest absolute Gasteiger partial charge is 0.508 e. The number of phenols is 1. The third kappa shape index (κ3) is 7.14. The number of phenolic OH excluding ortho intramolecular Hbond substituents is 1. The summed E-state index contributed by atoms with van der Waals surface area (Å²) in [6.07, 6.45) is -3.99. The molecule has 2 fully saturated rings. The number of fused-ring (bicyclic) bond motifs is 1. The molecule has 256 valence electrons. The standard InChI is InChI=1S/C29H29N3O15S/c1-29(2)20(25(37)38)32-23(36)18(24(32)48-29)31-22(35)17(12-6-8-14(33)9-7-12)30-21(34)13-10-15(45-26(39)42-3)19(47-28(41)44-5)16(11-13)46-27(40)43-4/h6-11,17-18,20,24,33H,1-5H3,(H,30,34)(H,31,35)(H,37,38)/t17?,18-,20+,24-/m1/s1. The Morgan fingerprint density at radius 2 is 1.40 bits per heavy atom. The number of carbonyl (C=O) groups excluding carboxylic acids is 6. The van der Waals surface area contributed by atoms with Gasteiger partial charge in [0.15, 0.2) is 11.5 Å². The molecule has 3 amide bonds. The van der Waals surface area contributed by atoms with E-state index in [1.807, 2.05) is 0 Å². The number of β-lactam (4-membered cyclic amide) rings is 1. The van der Waals surface area contributed by atoms with Crippen LogP contribution in [-0.2, 0) is 28.6 Å². The number of thioether (sulfide) groups is 1. The summed E-state index contributed by atoms with van der Waals surface area (Å²) in [5, 5.41) is 23.8. The van der Waals surface area contributed by atoms with Crippen LogP contribution in [0.15, 0.2) is 36.4 Å². The maximum Gasteiger partial charge on any atom is 0.513 e. The van der Waals surface area contributed by atoms with Crippen molar-refractivity contribution in [2.75, 3.05) is 21.3 Å². The Bertz CT molecular complexity index is 1620. The van der Waals surface area contributed by atoms with E-state index in [-0.39, 0.29) is 11.3 Å². The van der Waals surface area contributed by atoms with E-state index >= 15 is 0 Å². The summed E-state index contributed by atoms with van der Waals surface area (Å²) in [5.74, 6) is -5.91. The first-order chi connectivity index (χ1) is 22.6. The molecule has 0 radical (unpaired) electrons. The van der Waals surface area contributed by atoms with Crippen molar-refractivity contribution in [2.24, 2.45) is 0 Å². The molecule has 4 atom stereocenters. The molecule has 2 aromatic carbocycles. The second-order valence-electron chi connectivity index (χ2n) is 10.6. The average molecular weight is 692 g/mol. The highest BCUT2D eigenvalue weighted by atomic mass is 32.2. The number of methoxy groups -OCH3 is 3. The third-order valence-electron chi connectivity index (χ3n) is 7.09. The number of nitrogens with zero attached hydrogens (tertiary/aromatic N) is 1. The number of carbonyl (C=O) groups is 7. The molecule has 19 heteroatoms. The van der Waals surface area contributed by atoms with Gasteiger partial charge in [-0.25, -0.2) is 19.2 Å². The fourth-order valence-corrected chi connectivity index (χ4v) is 6.54. The lowest BCUT2D eigenvalue weighted by Crippen LogP contribution is -2.71. The van der Waals surface area contributed by atoms with Crippen molar-refractivity contribution < 1.29 is 72.2 Å². The van der Waals surface area contributed by atoms with Crippen LogP contribution in [0.1, 0.15) is 35.8 Å². The number of amides is 3. The summed E-state index contributed by atoms with van der Waals surface area (Å²) in [6.45, 7) is 3.33. The Hall–Kier alpha value is -5.72. The van der Waals surface area contributed by atoms with Gasteiger partial charge in [0.05, 0.1) is 21.3 Å². The number of aromatic hydroxyl groups is 1. The molecule has 4 N–H and O–H groups in total. The molecule has 0 spiro atoms. The van der Waals surface area contributed by atoms with E-state index in [0.29, 0.717) is 0 Å². The Kier molecular flexibility index (Phi) is 10.2. The minimum atomic E-state index is -1.53. The van der Waals surface area contributed by atoms with Gasteiger partial charge in [-0.05, 0) is 43.7 Å². The van der Waals surface area contributed by atoms with Crippen LogP contribution < -0.4 is 24.8 Å². The van der Waals surface area contributed by atoms with Crippen molar-refractivity contribution in [3.05, 3.63) is 47.5 Å². The van der Waals surface area contributed by atoms with E-state index < -0.39 is 93.2 Å². The zero-order valence-corrected chi connectivity index (χ0v) is 26.6. The SMILES string of the molecule is COC(=O)Oc1cc(C(=O)NC(C(=O)N[C@@H]2C(=O)N3[C@@H]2SC(C)(C)[C@@H]3C(=O)O)c2ccc(O)cc2)cc(OC(=O)OC)c1OC(=O)OC. The largest absolute Gasteiger partial charge is 0.513 e. The molecule has 2 aromatic rings. The lowest BCUT2D eigenvalue weighted by atomic mass is 9.95. The Morgan fingerprint density at radius 3 is 1.90 bits per heavy atom. The maximum absolute atomic E-state index is 13.7. The molecule has 2 aliphatic rings. The molecule has 0 saturated carbocycles. The molecule has 2 saturated heterocycles. The minimum absolute atomic E-state index is 0.146. The predicted octanol–water partition coefficient (Wildman–Crippen LogP) is 1.93. The fourth-order valence-electron chi connectivity index (χ4n) is 4.91. The molecule has 0 aromatic heterocycles. The highest BCUT2D eigenvalue weighted by Gasteiger charge is 2.64. The summed E-state index contributed by atoms with van der Waals surface area (Å²) >= 11 is 1.19. The van der Waals surface area contributed by atoms with Crippen molar-refractivity contribution in [2.45, 2.75) is 42.1 Å². The first kappa shape index (κ1) is 35.1. The van der Waals surface area contributed by atoms with Gasteiger partial charge in [0.1, 0.15) is 29.2 Å². The fraction of sp³-hybridized carbons (Fsp3) is 0.345. The lowest BCUT2D eigenvalue weighted by Gasteiger charge is -2.44. The summed E-state index contributed by atoms with van der Waals surface area (Å²) < 4.78 is 27.5. The second-order valence-corrected chi connectivity index (χ2v) is 12.3. The molecule has 2 heterocycles. The number of benzene rings is 2. The molecule has 0 aliphatic carbocycles. The van der Waals surface area contributed by atoms with Crippen molar-refractivity contribution in [1.29, 1.82) is 0 Å². The monoisotopic (exact) mass is 691 g/mol. The minimum Gasteiger partial charge on any atom is -0.508 e. The molecular formula is C29H29N3O15S. The lowest BCUT2D eigenvalue weighted by molar-refractivity contribution is -0.161. The maximum atomic E-state index is 13.7. The van der Waals surface area contributed by atoms with Crippen LogP contribution >= 0.6 is 11.8 Å². The van der Waals surface area contributed by atoms with Crippen molar-refractivity contribution >= 4 is 53.9 Å². The number of nitrogens with one attached hydrogen (secondary N) is 2. The number of hydrogen-bond acceptors (Lipinski definition) is 15. The highest BCUT2D eigenvalue weighted by molar-refractivity contribution is 8.01. The third-order valence-corrected chi connectivity index (χ3v) is 8.66. The normalized spacial score (nSPS) is 19.4. The van der Waals surface area contributed by atoms with Gasteiger partial charge in [-0.1, -0.05) is 12.1 Å². The molecule has 0 bridgehead atoms. The van der Waals surface area contributed by atoms with E-state index in [9.17, 15) is 43.8 Å². The van der Waals surface area contributed by atoms with Gasteiger partial charge in [0.2, 0.25) is 17.6 Å². The molecular weight excluding hydrogens is 662 g/mol. The van der Waals surface area contributed by atoms with Gasteiger partial charge in [-0.15, -0.1) is 11.8 Å². The second kappa shape index (κ2) is 14.0. The Morgan fingerprint density at radius 1 is 0.875 bits per heavy atom. The van der Waals surface area contributed by atoms with Crippen molar-refractivity contribution in [3.8, 4) is 23.0 Å². The van der Waals surface area contributed by atoms with E-state index in [0.717, 1.165) is 33.5 Å². The number of rotatable bonds is 9. The zero-order chi connectivity index (χ0) is 35.5. The number of carboxylic acid groups (broad SMARTS) is 1. The van der Waals surface area contributed by atoms with E-state index in [2.05, 4.69) is 24.8 Å². The molecule has 2 aliphatic heterocycles. The first-order valence-corrected chi connectivity index (χ1v) is 14.6. The quantitative estimate of drug-likeness (QED) is 0.127. The zero-order valence-electron chi connectivity index (χ0n) is 25.8. The van der Waals surface area contributed by atoms with E-state index in [4.69, 9.17) is 14.2 Å². The van der Waals surface area contributed by atoms with Crippen LogP contribution in [0.3, 0.4) is 0 Å². The van der Waals surface area contributed by atoms with Crippen LogP contribution in [0.2, 0.25) is 0 Å². The molecule has 4 rings (SSSR count). The Labute approximate surface area is 275 Å². The van der Waals surface area contributed by atoms with E-state index in [1.165, 1.54) is 40.9 Å². The van der Waals surface area contributed by atoms with Crippen LogP contribution in [0, 0.1) is 0 Å². The number of aliphatic carboxylic acids is 1. The summed E-state index contributed by atoms with van der Waals surface area (Å²) in [7, 11) is 2.89. The van der Waals surface area contributed by atoms with Gasteiger partial charge in [0.25, 0.3) is 5.91 Å². The van der Waals surface area contributed by atoms with Crippen LogP contribution in [0.5, 0.6) is 23.0 Å². The average Bonchev–Trinajstić information content (AvgIpc) is 3.31. The number of carboxylic acids is 1. The van der Waals surface area contributed by atoms with Gasteiger partial charge < -0.3 is 54.2 Å². The van der Waals surface area contributed by atoms with Crippen molar-refractivity contribution in [1.82, 2.24) is 15.5 Å². The molecule has 48 heavy (non-hydrogen) atoms. The molecule has 18 nitrogen and oxygen atoms in total. The van der Waals surface area contributed by atoms with Crippen molar-refractivity contribution in [3.63, 3.8) is 0 Å². The number of ether oxygens (including phenoxy) is 6. The summed E-state index contributed by atoms with van der Waals surface area (Å²) in [6, 6.07) is 3.15. The van der Waals surface area contributed by atoms with Gasteiger partial charge in [-0.3, -0.25) is 14.4 Å². The van der Waals surface area contributed by atoms with Gasteiger partial charge >= 0.3 is 24.4 Å². The predicted molar refractivity (Wildman–Crippen MR) is 160 cm³/mol. The number of hydrogen-bond donors (Lipinski definition) is 4. The molecule has 1 unspecified atom stereocenters. The summed E-state index contributed by atoms with van der Waals surface area (Å²) in [5.41, 5.74) is -0.266. The van der Waals surface area contributed by atoms with Gasteiger partial charge in [-0.2, -0.15) is 0 Å². The highest BCUT2D eigenvalue weighted by Crippen LogP contribution is 2.51. The van der Waals surface area contributed by atoms with Gasteiger partial charge in [0, 0.05) is 10.3 Å². The van der Waals surface area contributed by atoms with Crippen LogP contribution in [0.25, 0.3) is 0 Å². The van der Waals surface area contributed by atoms with Crippen LogP contribution in [-0.4, -0.2) is 101 Å². The van der Waals surface area contributed by atoms with Crippen LogP contribution in [0.4, 0.5) is 14.4 Å².